The van der Waals surface area contributed by atoms with Crippen molar-refractivity contribution in [1.82, 2.24) is 19.5 Å². The number of nitrogens with zero attached hydrogens (tertiary/aromatic N) is 4. The zero-order chi connectivity index (χ0) is 32.6. The lowest BCUT2D eigenvalue weighted by molar-refractivity contribution is 0.476. The number of hydrogen-bond donors (Lipinski definition) is 1. The zero-order valence-corrected chi connectivity index (χ0v) is 26.7. The van der Waals surface area contributed by atoms with E-state index in [1.165, 1.54) is 11.1 Å². The summed E-state index contributed by atoms with van der Waals surface area (Å²) >= 11 is 0. The summed E-state index contributed by atoms with van der Waals surface area (Å²) in [5, 5.41) is 10.9. The van der Waals surface area contributed by atoms with Crippen LogP contribution in [0.15, 0.2) is 152 Å². The van der Waals surface area contributed by atoms with E-state index in [1.54, 1.807) is 6.07 Å². The van der Waals surface area contributed by atoms with Gasteiger partial charge in [-0.3, -0.25) is 14.5 Å². The third kappa shape index (κ3) is 5.31. The van der Waals surface area contributed by atoms with Crippen molar-refractivity contribution in [2.24, 2.45) is 0 Å². The van der Waals surface area contributed by atoms with Crippen LogP contribution in [0.25, 0.3) is 72.7 Å². The maximum Gasteiger partial charge on any atom is 0.149 e. The van der Waals surface area contributed by atoms with Crippen LogP contribution in [0.5, 0.6) is 5.75 Å². The number of fused-ring (bicyclic) bond motifs is 1. The van der Waals surface area contributed by atoms with Crippen LogP contribution >= 0.6 is 0 Å². The Bertz CT molecular complexity index is 2410. The molecule has 0 aliphatic carbocycles. The van der Waals surface area contributed by atoms with Gasteiger partial charge in [0.15, 0.2) is 0 Å². The van der Waals surface area contributed by atoms with Crippen molar-refractivity contribution < 1.29 is 5.11 Å². The van der Waals surface area contributed by atoms with Gasteiger partial charge in [-0.05, 0) is 83.6 Å². The van der Waals surface area contributed by atoms with Crippen molar-refractivity contribution >= 4 is 11.0 Å². The number of aromatic hydroxyl groups is 1. The van der Waals surface area contributed by atoms with Crippen LogP contribution in [-0.4, -0.2) is 24.6 Å². The van der Waals surface area contributed by atoms with Crippen molar-refractivity contribution in [1.29, 1.82) is 0 Å². The summed E-state index contributed by atoms with van der Waals surface area (Å²) in [5.41, 5.74) is 13.9. The van der Waals surface area contributed by atoms with E-state index in [4.69, 9.17) is 9.97 Å². The summed E-state index contributed by atoms with van der Waals surface area (Å²) in [6, 6.07) is 45.4. The van der Waals surface area contributed by atoms with Gasteiger partial charge in [-0.1, -0.05) is 103 Å². The average molecular weight is 621 g/mol. The van der Waals surface area contributed by atoms with Crippen molar-refractivity contribution in [3.05, 3.63) is 163 Å². The summed E-state index contributed by atoms with van der Waals surface area (Å²) < 4.78 is 2.07. The lowest BCUT2D eigenvalue weighted by atomic mass is 9.96. The minimum Gasteiger partial charge on any atom is -0.507 e. The van der Waals surface area contributed by atoms with Crippen molar-refractivity contribution in [2.75, 3.05) is 0 Å². The fourth-order valence-electron chi connectivity index (χ4n) is 6.36. The molecule has 5 heteroatoms. The first-order chi connectivity index (χ1) is 23.5. The average Bonchev–Trinajstić information content (AvgIpc) is 3.53. The van der Waals surface area contributed by atoms with Gasteiger partial charge in [-0.15, -0.1) is 0 Å². The first-order valence-electron chi connectivity index (χ1n) is 16.0. The highest BCUT2D eigenvalue weighted by Crippen LogP contribution is 2.38. The Hall–Kier alpha value is -6.33. The van der Waals surface area contributed by atoms with Crippen molar-refractivity contribution in [3.8, 4) is 67.5 Å². The number of aryl methyl sites for hydroxylation is 2. The van der Waals surface area contributed by atoms with E-state index in [0.29, 0.717) is 11.4 Å². The molecule has 0 fully saturated rings. The highest BCUT2D eigenvalue weighted by Gasteiger charge is 2.20. The van der Waals surface area contributed by atoms with E-state index in [9.17, 15) is 5.11 Å². The number of para-hydroxylation sites is 1. The summed E-state index contributed by atoms with van der Waals surface area (Å²) in [6.07, 6.45) is 5.66. The lowest BCUT2D eigenvalue weighted by Crippen LogP contribution is -1.98. The number of phenols is 1. The summed E-state index contributed by atoms with van der Waals surface area (Å²) in [4.78, 5) is 14.7. The molecule has 5 aromatic carbocycles. The number of hydrogen-bond acceptors (Lipinski definition) is 4. The molecule has 0 amide bonds. The Balaban J connectivity index is 1.22. The van der Waals surface area contributed by atoms with Gasteiger partial charge < -0.3 is 5.11 Å². The Morgan fingerprint density at radius 1 is 0.542 bits per heavy atom. The number of benzene rings is 5. The topological polar surface area (TPSA) is 63.8 Å². The molecule has 0 radical (unpaired) electrons. The number of imidazole rings is 1. The smallest absolute Gasteiger partial charge is 0.149 e. The Morgan fingerprint density at radius 2 is 1.23 bits per heavy atom. The number of aromatic nitrogens is 4. The van der Waals surface area contributed by atoms with Crippen LogP contribution in [0.4, 0.5) is 0 Å². The molecule has 3 heterocycles. The van der Waals surface area contributed by atoms with Crippen molar-refractivity contribution in [3.63, 3.8) is 0 Å². The SMILES string of the molecule is Cc1ccc(O)c(-c2nc3c(-c4cccc(-c5cc(-c6ccc(-c7ccccc7)cc6)c(C)cn5)c4)cncc3n2-c2ccccc2)c1. The van der Waals surface area contributed by atoms with Crippen molar-refractivity contribution in [2.45, 2.75) is 13.8 Å². The third-order valence-corrected chi connectivity index (χ3v) is 8.85. The van der Waals surface area contributed by atoms with Crippen LogP contribution in [0.3, 0.4) is 0 Å². The molecule has 3 aromatic heterocycles. The fraction of sp³-hybridized carbons (Fsp3) is 0.0465. The maximum absolute atomic E-state index is 10.9. The minimum absolute atomic E-state index is 0.181. The number of pyridine rings is 2. The second-order valence-electron chi connectivity index (χ2n) is 12.1. The Labute approximate surface area is 279 Å². The molecule has 48 heavy (non-hydrogen) atoms. The van der Waals surface area contributed by atoms with E-state index < -0.39 is 0 Å². The maximum atomic E-state index is 10.9. The predicted octanol–water partition coefficient (Wildman–Crippen LogP) is 10.5. The molecular weight excluding hydrogens is 589 g/mol. The quantitative estimate of drug-likeness (QED) is 0.201. The first-order valence-corrected chi connectivity index (χ1v) is 16.0. The highest BCUT2D eigenvalue weighted by molar-refractivity contribution is 5.95. The van der Waals surface area contributed by atoms with Gasteiger partial charge in [0.25, 0.3) is 0 Å². The molecule has 0 aliphatic rings. The van der Waals surface area contributed by atoms with Crippen LogP contribution in [-0.2, 0) is 0 Å². The summed E-state index contributed by atoms with van der Waals surface area (Å²) in [5.74, 6) is 0.839. The third-order valence-electron chi connectivity index (χ3n) is 8.85. The molecule has 1 N–H and O–H groups in total. The summed E-state index contributed by atoms with van der Waals surface area (Å²) in [7, 11) is 0. The molecule has 0 saturated carbocycles. The van der Waals surface area contributed by atoms with E-state index in [2.05, 4.69) is 95.3 Å². The second kappa shape index (κ2) is 12.1. The number of rotatable bonds is 6. The van der Waals surface area contributed by atoms with Gasteiger partial charge in [-0.25, -0.2) is 4.98 Å². The second-order valence-corrected chi connectivity index (χ2v) is 12.1. The molecule has 8 rings (SSSR count). The molecule has 0 bridgehead atoms. The number of phenolic OH excluding ortho intramolecular Hbond substituents is 1. The normalized spacial score (nSPS) is 11.2. The summed E-state index contributed by atoms with van der Waals surface area (Å²) in [6.45, 7) is 4.12. The van der Waals surface area contributed by atoms with E-state index in [0.717, 1.165) is 61.4 Å². The van der Waals surface area contributed by atoms with E-state index >= 15 is 0 Å². The molecule has 0 aliphatic heterocycles. The largest absolute Gasteiger partial charge is 0.507 e. The molecule has 5 nitrogen and oxygen atoms in total. The van der Waals surface area contributed by atoms with Crippen LogP contribution in [0.1, 0.15) is 11.1 Å². The van der Waals surface area contributed by atoms with Gasteiger partial charge in [-0.2, -0.15) is 0 Å². The lowest BCUT2D eigenvalue weighted by Gasteiger charge is -2.12. The van der Waals surface area contributed by atoms with Gasteiger partial charge >= 0.3 is 0 Å². The van der Waals surface area contributed by atoms with Gasteiger partial charge in [0.05, 0.1) is 23.0 Å². The Kier molecular flexibility index (Phi) is 7.35. The molecule has 8 aromatic rings. The molecule has 0 spiro atoms. The van der Waals surface area contributed by atoms with E-state index in [1.807, 2.05) is 74.0 Å². The fourth-order valence-corrected chi connectivity index (χ4v) is 6.36. The van der Waals surface area contributed by atoms with Crippen LogP contribution in [0, 0.1) is 13.8 Å². The van der Waals surface area contributed by atoms with Crippen LogP contribution in [0.2, 0.25) is 0 Å². The molecule has 0 atom stereocenters. The molecule has 0 saturated heterocycles. The predicted molar refractivity (Wildman–Crippen MR) is 195 cm³/mol. The first kappa shape index (κ1) is 29.1. The van der Waals surface area contributed by atoms with Gasteiger partial charge in [0, 0.05) is 29.2 Å². The van der Waals surface area contributed by atoms with Gasteiger partial charge in [0.2, 0.25) is 0 Å². The van der Waals surface area contributed by atoms with E-state index in [-0.39, 0.29) is 5.75 Å². The van der Waals surface area contributed by atoms with Gasteiger partial charge in [0.1, 0.15) is 17.1 Å². The van der Waals surface area contributed by atoms with Crippen LogP contribution < -0.4 is 0 Å². The highest BCUT2D eigenvalue weighted by atomic mass is 16.3. The molecule has 230 valence electrons. The molecule has 0 unspecified atom stereocenters. The monoisotopic (exact) mass is 620 g/mol. The standard InChI is InChI=1S/C43H32N4O/c1-28-16-21-41(48)37(22-28)43-46-42-38(26-44-27-40(42)47(43)35-14-7-4-8-15-35)33-12-9-13-34(23-33)39-24-36(29(2)25-45-39)32-19-17-31(18-20-32)30-10-5-3-6-11-30/h3-27,48H,1-2H3. The minimum atomic E-state index is 0.181. The zero-order valence-electron chi connectivity index (χ0n) is 26.7. The Morgan fingerprint density at radius 3 is 2.02 bits per heavy atom. The molecular formula is C43H32N4O.